The van der Waals surface area contributed by atoms with Crippen LogP contribution in [0.3, 0.4) is 0 Å². The van der Waals surface area contributed by atoms with Crippen LogP contribution < -0.4 is 0 Å². The second-order valence-corrected chi connectivity index (χ2v) is 11.3. The Morgan fingerprint density at radius 3 is 2.50 bits per heavy atom. The first kappa shape index (κ1) is 32.9. The van der Waals surface area contributed by atoms with E-state index >= 15 is 0 Å². The summed E-state index contributed by atoms with van der Waals surface area (Å²) in [7, 11) is 1.46. The first-order valence-corrected chi connectivity index (χ1v) is 14.5. The molecule has 0 spiro atoms. The molecule has 0 aromatic rings. The molecule has 222 valence electrons. The van der Waals surface area contributed by atoms with E-state index in [1.165, 1.54) is 14.0 Å². The molecule has 2 amide bonds. The highest BCUT2D eigenvalue weighted by Crippen LogP contribution is 2.19. The van der Waals surface area contributed by atoms with Gasteiger partial charge in [-0.25, -0.2) is 0 Å². The van der Waals surface area contributed by atoms with Gasteiger partial charge in [-0.1, -0.05) is 20.8 Å². The van der Waals surface area contributed by atoms with E-state index in [4.69, 9.17) is 14.2 Å². The molecule has 2 heterocycles. The highest BCUT2D eigenvalue weighted by molar-refractivity contribution is 5.79. The summed E-state index contributed by atoms with van der Waals surface area (Å²) in [5.74, 6) is 0.220. The molecule has 2 fully saturated rings. The van der Waals surface area contributed by atoms with Crippen LogP contribution in [0.15, 0.2) is 0 Å². The van der Waals surface area contributed by atoms with E-state index in [2.05, 4.69) is 25.7 Å². The highest BCUT2D eigenvalue weighted by Gasteiger charge is 2.33. The SMILES string of the molecule is CCCN(CC(=O)N1CCCCOC[C@@H](O)[C@@H](O)[C@H](OC)CN(C(C)=O)C[C@H]1CC(C)C)CC1CCCO1. The third-order valence-electron chi connectivity index (χ3n) is 7.47. The van der Waals surface area contributed by atoms with Gasteiger partial charge in [0.2, 0.25) is 11.8 Å². The first-order valence-electron chi connectivity index (χ1n) is 14.5. The smallest absolute Gasteiger partial charge is 0.237 e. The Labute approximate surface area is 229 Å². The van der Waals surface area contributed by atoms with E-state index < -0.39 is 18.3 Å². The third-order valence-corrected chi connectivity index (χ3v) is 7.47. The van der Waals surface area contributed by atoms with Gasteiger partial charge >= 0.3 is 0 Å². The van der Waals surface area contributed by atoms with E-state index in [1.807, 2.05) is 4.90 Å². The maximum Gasteiger partial charge on any atom is 0.237 e. The number of hydrogen-bond donors (Lipinski definition) is 2. The normalized spacial score (nSPS) is 28.6. The Balaban J connectivity index is 2.29. The summed E-state index contributed by atoms with van der Waals surface area (Å²) < 4.78 is 17.0. The monoisotopic (exact) mass is 543 g/mol. The van der Waals surface area contributed by atoms with E-state index in [0.29, 0.717) is 32.2 Å². The van der Waals surface area contributed by atoms with Crippen molar-refractivity contribution in [3.05, 3.63) is 0 Å². The van der Waals surface area contributed by atoms with Gasteiger partial charge in [-0.15, -0.1) is 0 Å². The van der Waals surface area contributed by atoms with Gasteiger partial charge in [0.25, 0.3) is 0 Å². The fourth-order valence-electron chi connectivity index (χ4n) is 5.43. The molecule has 10 heteroatoms. The zero-order valence-corrected chi connectivity index (χ0v) is 24.3. The summed E-state index contributed by atoms with van der Waals surface area (Å²) >= 11 is 0. The van der Waals surface area contributed by atoms with Crippen molar-refractivity contribution in [3.63, 3.8) is 0 Å². The highest BCUT2D eigenvalue weighted by atomic mass is 16.5. The molecule has 0 radical (unpaired) electrons. The summed E-state index contributed by atoms with van der Waals surface area (Å²) in [4.78, 5) is 32.4. The van der Waals surface area contributed by atoms with Crippen LogP contribution in [0, 0.1) is 5.92 Å². The van der Waals surface area contributed by atoms with Crippen LogP contribution in [-0.2, 0) is 23.8 Å². The number of amides is 2. The number of carbonyl (C=O) groups excluding carboxylic acids is 2. The molecule has 38 heavy (non-hydrogen) atoms. The van der Waals surface area contributed by atoms with Crippen LogP contribution >= 0.6 is 0 Å². The predicted octanol–water partition coefficient (Wildman–Crippen LogP) is 1.52. The Kier molecular flexibility index (Phi) is 15.1. The Hall–Kier alpha value is -1.30. The van der Waals surface area contributed by atoms with Gasteiger partial charge in [0.1, 0.15) is 18.3 Å². The van der Waals surface area contributed by atoms with Crippen molar-refractivity contribution < 1.29 is 34.0 Å². The topological polar surface area (TPSA) is 112 Å². The number of hydrogen-bond acceptors (Lipinski definition) is 8. The first-order chi connectivity index (χ1) is 18.2. The lowest BCUT2D eigenvalue weighted by molar-refractivity contribution is -0.143. The average Bonchev–Trinajstić information content (AvgIpc) is 3.37. The quantitative estimate of drug-likeness (QED) is 0.450. The van der Waals surface area contributed by atoms with Gasteiger partial charge in [-0.2, -0.15) is 0 Å². The number of carbonyl (C=O) groups is 2. The fourth-order valence-corrected chi connectivity index (χ4v) is 5.43. The van der Waals surface area contributed by atoms with Gasteiger partial charge < -0.3 is 34.2 Å². The molecule has 0 aromatic carbocycles. The lowest BCUT2D eigenvalue weighted by atomic mass is 10.00. The second kappa shape index (κ2) is 17.4. The molecule has 0 aromatic heterocycles. The molecule has 2 N–H and O–H groups in total. The molecular weight excluding hydrogens is 490 g/mol. The van der Waals surface area contributed by atoms with Gasteiger partial charge in [-0.3, -0.25) is 14.5 Å². The van der Waals surface area contributed by atoms with Crippen molar-refractivity contribution in [2.24, 2.45) is 5.92 Å². The number of aliphatic hydroxyl groups is 2. The molecule has 2 saturated heterocycles. The maximum atomic E-state index is 13.9. The van der Waals surface area contributed by atoms with Crippen LogP contribution in [0.2, 0.25) is 0 Å². The van der Waals surface area contributed by atoms with E-state index in [1.54, 1.807) is 4.90 Å². The molecule has 2 aliphatic heterocycles. The van der Waals surface area contributed by atoms with Crippen molar-refractivity contribution in [3.8, 4) is 0 Å². The van der Waals surface area contributed by atoms with Crippen LogP contribution in [-0.4, -0.2) is 133 Å². The largest absolute Gasteiger partial charge is 0.388 e. The van der Waals surface area contributed by atoms with Crippen molar-refractivity contribution in [1.29, 1.82) is 0 Å². The Morgan fingerprint density at radius 1 is 1.13 bits per heavy atom. The zero-order valence-electron chi connectivity index (χ0n) is 24.3. The lowest BCUT2D eigenvalue weighted by Crippen LogP contribution is -2.54. The van der Waals surface area contributed by atoms with E-state index in [9.17, 15) is 19.8 Å². The minimum absolute atomic E-state index is 0.0189. The molecule has 1 unspecified atom stereocenters. The minimum Gasteiger partial charge on any atom is -0.388 e. The Bertz CT molecular complexity index is 689. The summed E-state index contributed by atoms with van der Waals surface area (Å²) in [6.45, 7) is 12.0. The number of aliphatic hydroxyl groups excluding tert-OH is 2. The molecule has 0 bridgehead atoms. The van der Waals surface area contributed by atoms with E-state index in [0.717, 1.165) is 58.2 Å². The van der Waals surface area contributed by atoms with Gasteiger partial charge in [-0.05, 0) is 51.0 Å². The molecule has 2 aliphatic rings. The van der Waals surface area contributed by atoms with Gasteiger partial charge in [0, 0.05) is 59.5 Å². The van der Waals surface area contributed by atoms with Gasteiger partial charge in [0.05, 0.1) is 19.3 Å². The second-order valence-electron chi connectivity index (χ2n) is 11.3. The predicted molar refractivity (Wildman–Crippen MR) is 146 cm³/mol. The van der Waals surface area contributed by atoms with Crippen molar-refractivity contribution in [2.45, 2.75) is 96.7 Å². The number of ether oxygens (including phenoxy) is 3. The average molecular weight is 544 g/mol. The number of methoxy groups -OCH3 is 1. The molecule has 2 rings (SSSR count). The fraction of sp³-hybridized carbons (Fsp3) is 0.929. The standard InChI is InChI=1S/C28H53N3O7/c1-6-11-29(17-24-10-9-14-38-24)19-27(34)31-12-7-8-13-37-20-25(33)28(35)26(36-5)18-30(22(4)32)16-23(31)15-21(2)3/h21,23-26,28,33,35H,6-20H2,1-5H3/t23-,24?,25-,26-,28-/m1/s1. The minimum atomic E-state index is -1.20. The summed E-state index contributed by atoms with van der Waals surface area (Å²) in [6, 6.07) is -0.180. The maximum absolute atomic E-state index is 13.9. The zero-order chi connectivity index (χ0) is 28.1. The third kappa shape index (κ3) is 11.1. The molecule has 10 nitrogen and oxygen atoms in total. The van der Waals surface area contributed by atoms with Crippen LogP contribution in [0.1, 0.15) is 66.2 Å². The van der Waals surface area contributed by atoms with Crippen LogP contribution in [0.4, 0.5) is 0 Å². The summed E-state index contributed by atoms with van der Waals surface area (Å²) in [5.41, 5.74) is 0. The molecule has 0 aliphatic carbocycles. The molecular formula is C28H53N3O7. The van der Waals surface area contributed by atoms with Crippen molar-refractivity contribution in [2.75, 3.05) is 66.2 Å². The van der Waals surface area contributed by atoms with Crippen LogP contribution in [0.25, 0.3) is 0 Å². The van der Waals surface area contributed by atoms with Crippen molar-refractivity contribution >= 4 is 11.8 Å². The molecule has 5 atom stereocenters. The van der Waals surface area contributed by atoms with Gasteiger partial charge in [0.15, 0.2) is 0 Å². The number of rotatable bonds is 9. The van der Waals surface area contributed by atoms with E-state index in [-0.39, 0.29) is 37.1 Å². The van der Waals surface area contributed by atoms with Crippen LogP contribution in [0.5, 0.6) is 0 Å². The summed E-state index contributed by atoms with van der Waals surface area (Å²) in [5, 5.41) is 21.1. The number of nitrogens with zero attached hydrogens (tertiary/aromatic N) is 3. The van der Waals surface area contributed by atoms with Crippen molar-refractivity contribution in [1.82, 2.24) is 14.7 Å². The Morgan fingerprint density at radius 2 is 1.89 bits per heavy atom. The molecule has 0 saturated carbocycles. The lowest BCUT2D eigenvalue weighted by Gasteiger charge is -2.39. The summed E-state index contributed by atoms with van der Waals surface area (Å²) in [6.07, 6.45) is 2.35.